The predicted molar refractivity (Wildman–Crippen MR) is 53.7 cm³/mol. The molecule has 0 radical (unpaired) electrons. The molecule has 0 saturated heterocycles. The topological polar surface area (TPSA) is 144 Å². The van der Waals surface area contributed by atoms with Gasteiger partial charge in [-0.2, -0.15) is 0 Å². The molecular weight excluding hydrogens is 224 g/mol. The zero-order valence-corrected chi connectivity index (χ0v) is 8.77. The maximum Gasteiger partial charge on any atom is 0.321 e. The average Bonchev–Trinajstić information content (AvgIpc) is 2.13. The lowest BCUT2D eigenvalue weighted by molar-refractivity contribution is -0.139. The predicted octanol–water partition coefficient (Wildman–Crippen LogP) is -2.05. The maximum absolute atomic E-state index is 11.2. The van der Waals surface area contributed by atoms with Crippen LogP contribution in [-0.4, -0.2) is 49.9 Å². The number of aliphatic carboxylic acids is 2. The lowest BCUT2D eigenvalue weighted by Gasteiger charge is -2.08. The second-order valence-corrected chi connectivity index (χ2v) is 4.61. The van der Waals surface area contributed by atoms with E-state index in [0.29, 0.717) is 0 Å². The highest BCUT2D eigenvalue weighted by Gasteiger charge is 2.17. The molecule has 0 unspecified atom stereocenters. The van der Waals surface area contributed by atoms with Crippen LogP contribution in [0.25, 0.3) is 0 Å². The first-order valence-electron chi connectivity index (χ1n) is 4.16. The molecule has 0 aromatic carbocycles. The van der Waals surface area contributed by atoms with Gasteiger partial charge >= 0.3 is 11.9 Å². The number of carbonyl (C=O) groups is 2. The Morgan fingerprint density at radius 3 is 2.00 bits per heavy atom. The maximum atomic E-state index is 11.2. The van der Waals surface area contributed by atoms with Crippen LogP contribution in [0.2, 0.25) is 0 Å². The number of hydrogen-bond donors (Lipinski definition) is 4. The van der Waals surface area contributed by atoms with E-state index < -0.39 is 34.8 Å². The first-order chi connectivity index (χ1) is 6.84. The summed E-state index contributed by atoms with van der Waals surface area (Å²) in [4.78, 5) is 20.6. The third kappa shape index (κ3) is 6.15. The minimum atomic E-state index is -1.46. The summed E-state index contributed by atoms with van der Waals surface area (Å²) in [6.07, 6.45) is 0.0360. The van der Waals surface area contributed by atoms with E-state index in [-0.39, 0.29) is 17.9 Å². The minimum absolute atomic E-state index is 0.0360. The van der Waals surface area contributed by atoms with Gasteiger partial charge < -0.3 is 21.7 Å². The van der Waals surface area contributed by atoms with Crippen LogP contribution in [0.5, 0.6) is 0 Å². The van der Waals surface area contributed by atoms with E-state index in [1.54, 1.807) is 0 Å². The molecule has 15 heavy (non-hydrogen) atoms. The van der Waals surface area contributed by atoms with E-state index >= 15 is 0 Å². The second kappa shape index (κ2) is 6.49. The molecule has 0 spiro atoms. The van der Waals surface area contributed by atoms with Crippen LogP contribution >= 0.6 is 0 Å². The molecular formula is C7H14N2O5S. The average molecular weight is 238 g/mol. The van der Waals surface area contributed by atoms with Crippen LogP contribution < -0.4 is 11.5 Å². The molecule has 7 nitrogen and oxygen atoms in total. The van der Waals surface area contributed by atoms with E-state index in [1.807, 2.05) is 0 Å². The van der Waals surface area contributed by atoms with Crippen LogP contribution in [0, 0.1) is 0 Å². The van der Waals surface area contributed by atoms with Gasteiger partial charge in [0.15, 0.2) is 0 Å². The molecule has 0 fully saturated rings. The summed E-state index contributed by atoms with van der Waals surface area (Å²) in [5, 5.41) is 16.8. The van der Waals surface area contributed by atoms with Gasteiger partial charge in [0.25, 0.3) is 0 Å². The van der Waals surface area contributed by atoms with Crippen LogP contribution in [0.4, 0.5) is 0 Å². The number of rotatable bonds is 7. The van der Waals surface area contributed by atoms with Gasteiger partial charge in [0.2, 0.25) is 0 Å². The van der Waals surface area contributed by atoms with Crippen LogP contribution in [-0.2, 0) is 20.4 Å². The zero-order chi connectivity index (χ0) is 12.0. The molecule has 0 aliphatic heterocycles. The quantitative estimate of drug-likeness (QED) is 0.399. The highest BCUT2D eigenvalue weighted by atomic mass is 32.2. The SMILES string of the molecule is N[C@@H](CC[S@](=O)C[C@H](N)C(=O)O)C(=O)O. The summed E-state index contributed by atoms with van der Waals surface area (Å²) < 4.78 is 11.2. The van der Waals surface area contributed by atoms with Crippen molar-refractivity contribution in [1.82, 2.24) is 0 Å². The molecule has 0 aromatic rings. The van der Waals surface area contributed by atoms with Crippen molar-refractivity contribution >= 4 is 22.7 Å². The third-order valence-electron chi connectivity index (χ3n) is 1.66. The molecule has 3 atom stereocenters. The van der Waals surface area contributed by atoms with Crippen molar-refractivity contribution < 1.29 is 24.0 Å². The lowest BCUT2D eigenvalue weighted by atomic mass is 10.2. The van der Waals surface area contributed by atoms with Crippen molar-refractivity contribution in [2.45, 2.75) is 18.5 Å². The molecule has 0 saturated carbocycles. The van der Waals surface area contributed by atoms with Crippen LogP contribution in [0.1, 0.15) is 6.42 Å². The van der Waals surface area contributed by atoms with Gasteiger partial charge in [-0.15, -0.1) is 0 Å². The number of carboxylic acids is 2. The number of carboxylic acid groups (broad SMARTS) is 2. The molecule has 0 aliphatic carbocycles. The van der Waals surface area contributed by atoms with Crippen molar-refractivity contribution in [3.63, 3.8) is 0 Å². The normalized spacial score (nSPS) is 16.7. The molecule has 0 heterocycles. The second-order valence-electron chi connectivity index (χ2n) is 2.99. The molecule has 0 rings (SSSR count). The summed E-state index contributed by atoms with van der Waals surface area (Å²) in [6.45, 7) is 0. The van der Waals surface area contributed by atoms with Gasteiger partial charge in [0.1, 0.15) is 12.1 Å². The van der Waals surface area contributed by atoms with Crippen LogP contribution in [0.15, 0.2) is 0 Å². The smallest absolute Gasteiger partial charge is 0.321 e. The Morgan fingerprint density at radius 1 is 1.13 bits per heavy atom. The van der Waals surface area contributed by atoms with E-state index in [4.69, 9.17) is 21.7 Å². The summed E-state index contributed by atoms with van der Waals surface area (Å²) in [7, 11) is -1.46. The van der Waals surface area contributed by atoms with Crippen LogP contribution in [0.3, 0.4) is 0 Å². The van der Waals surface area contributed by atoms with Crippen molar-refractivity contribution in [2.24, 2.45) is 11.5 Å². The largest absolute Gasteiger partial charge is 0.480 e. The first kappa shape index (κ1) is 14.0. The molecule has 6 N–H and O–H groups in total. The summed E-state index contributed by atoms with van der Waals surface area (Å²) in [5.41, 5.74) is 10.3. The Kier molecular flexibility index (Phi) is 6.06. The van der Waals surface area contributed by atoms with Crippen molar-refractivity contribution in [1.29, 1.82) is 0 Å². The summed E-state index contributed by atoms with van der Waals surface area (Å²) in [5.74, 6) is -2.56. The Bertz CT molecular complexity index is 270. The van der Waals surface area contributed by atoms with E-state index in [9.17, 15) is 13.8 Å². The Morgan fingerprint density at radius 2 is 1.60 bits per heavy atom. The van der Waals surface area contributed by atoms with E-state index in [1.165, 1.54) is 0 Å². The Labute approximate surface area is 88.9 Å². The first-order valence-corrected chi connectivity index (χ1v) is 5.65. The molecule has 0 aliphatic rings. The van der Waals surface area contributed by atoms with Crippen molar-refractivity contribution in [2.75, 3.05) is 11.5 Å². The molecule has 0 bridgehead atoms. The monoisotopic (exact) mass is 238 g/mol. The Balaban J connectivity index is 3.85. The fourth-order valence-electron chi connectivity index (χ4n) is 0.737. The zero-order valence-electron chi connectivity index (χ0n) is 7.96. The highest BCUT2D eigenvalue weighted by molar-refractivity contribution is 7.85. The summed E-state index contributed by atoms with van der Waals surface area (Å²) >= 11 is 0. The minimum Gasteiger partial charge on any atom is -0.480 e. The van der Waals surface area contributed by atoms with Gasteiger partial charge in [0, 0.05) is 22.3 Å². The van der Waals surface area contributed by atoms with Gasteiger partial charge in [0.05, 0.1) is 0 Å². The van der Waals surface area contributed by atoms with Gasteiger partial charge in [-0.3, -0.25) is 13.8 Å². The lowest BCUT2D eigenvalue weighted by Crippen LogP contribution is -2.37. The van der Waals surface area contributed by atoms with Crippen molar-refractivity contribution in [3.05, 3.63) is 0 Å². The molecule has 88 valence electrons. The fraction of sp³-hybridized carbons (Fsp3) is 0.714. The highest BCUT2D eigenvalue weighted by Crippen LogP contribution is 1.95. The number of hydrogen-bond acceptors (Lipinski definition) is 5. The van der Waals surface area contributed by atoms with E-state index in [2.05, 4.69) is 0 Å². The van der Waals surface area contributed by atoms with E-state index in [0.717, 1.165) is 0 Å². The molecule has 0 amide bonds. The van der Waals surface area contributed by atoms with Crippen molar-refractivity contribution in [3.8, 4) is 0 Å². The molecule has 8 heteroatoms. The number of nitrogens with two attached hydrogens (primary N) is 2. The van der Waals surface area contributed by atoms with Gasteiger partial charge in [-0.05, 0) is 6.42 Å². The van der Waals surface area contributed by atoms with Gasteiger partial charge in [-0.25, -0.2) is 0 Å². The fourth-order valence-corrected chi connectivity index (χ4v) is 1.96. The summed E-state index contributed by atoms with van der Waals surface area (Å²) in [6, 6.07) is -2.26. The molecule has 0 aromatic heterocycles. The van der Waals surface area contributed by atoms with Gasteiger partial charge in [-0.1, -0.05) is 0 Å². The Hall–Kier alpha value is -0.990. The third-order valence-corrected chi connectivity index (χ3v) is 3.08. The standard InChI is InChI=1S/C7H14N2O5S/c8-4(6(10)11)1-2-15(14)3-5(9)7(12)13/h4-5H,1-3,8-9H2,(H,10,11)(H,12,13)/t4-,5-,15-/m0/s1.